The van der Waals surface area contributed by atoms with Gasteiger partial charge in [0.25, 0.3) is 0 Å². The van der Waals surface area contributed by atoms with E-state index in [2.05, 4.69) is 34.8 Å². The topological polar surface area (TPSA) is 21.1 Å². The quantitative estimate of drug-likeness (QED) is 0.651. The summed E-state index contributed by atoms with van der Waals surface area (Å²) >= 11 is 0. The molecule has 1 aliphatic heterocycles. The van der Waals surface area contributed by atoms with E-state index < -0.39 is 0 Å². The first-order valence-electron chi connectivity index (χ1n) is 5.04. The highest BCUT2D eigenvalue weighted by Crippen LogP contribution is 2.37. The Morgan fingerprint density at radius 2 is 2.23 bits per heavy atom. The Hall–Kier alpha value is -0.830. The van der Waals surface area contributed by atoms with Crippen LogP contribution >= 0.6 is 0 Å². The van der Waals surface area contributed by atoms with Crippen LogP contribution in [0.1, 0.15) is 43.1 Å². The number of hydrogen-bond donors (Lipinski definition) is 0. The predicted molar refractivity (Wildman–Crippen MR) is 50.4 cm³/mol. The fraction of sp³-hybridized carbons (Fsp3) is 0.700. The third kappa shape index (κ3) is 1.03. The van der Waals surface area contributed by atoms with Crippen LogP contribution < -0.4 is 0 Å². The largest absolute Gasteiger partial charge is 0.294 e. The van der Waals surface area contributed by atoms with Crippen LogP contribution in [0.4, 0.5) is 0 Å². The van der Waals surface area contributed by atoms with Gasteiger partial charge in [-0.2, -0.15) is 5.10 Å². The van der Waals surface area contributed by atoms with Gasteiger partial charge in [-0.25, -0.2) is 0 Å². The molecular weight excluding hydrogens is 162 g/mol. The van der Waals surface area contributed by atoms with Gasteiger partial charge >= 0.3 is 0 Å². The van der Waals surface area contributed by atoms with Gasteiger partial charge in [-0.3, -0.25) is 9.58 Å². The van der Waals surface area contributed by atoms with E-state index >= 15 is 0 Å². The van der Waals surface area contributed by atoms with Crippen LogP contribution in [0.3, 0.4) is 0 Å². The summed E-state index contributed by atoms with van der Waals surface area (Å²) in [5, 5.41) is 4.66. The van der Waals surface area contributed by atoms with Crippen molar-refractivity contribution in [2.45, 2.75) is 38.4 Å². The van der Waals surface area contributed by atoms with Crippen LogP contribution in [-0.4, -0.2) is 21.7 Å². The Morgan fingerprint density at radius 1 is 1.46 bits per heavy atom. The van der Waals surface area contributed by atoms with E-state index in [1.54, 1.807) is 0 Å². The first-order valence-corrected chi connectivity index (χ1v) is 5.04. The molecule has 1 atom stereocenters. The van der Waals surface area contributed by atoms with Gasteiger partial charge in [-0.15, -0.1) is 0 Å². The third-order valence-electron chi connectivity index (χ3n) is 3.24. The van der Waals surface area contributed by atoms with Crippen molar-refractivity contribution in [3.8, 4) is 0 Å². The van der Waals surface area contributed by atoms with Crippen LogP contribution in [0.2, 0.25) is 0 Å². The Bertz CT molecular complexity index is 338. The fourth-order valence-electron chi connectivity index (χ4n) is 2.06. The standard InChI is InChI=1S/C10H15N3/c1-7-10-8(5-12(7)2)6-13(11-10)9-3-4-9/h6-7,9H,3-5H2,1-2H3/t7-/m1/s1. The molecule has 3 nitrogen and oxygen atoms in total. The van der Waals surface area contributed by atoms with Gasteiger partial charge in [0, 0.05) is 18.3 Å². The van der Waals surface area contributed by atoms with Crippen molar-refractivity contribution >= 4 is 0 Å². The van der Waals surface area contributed by atoms with Gasteiger partial charge in [0.05, 0.1) is 17.8 Å². The number of nitrogens with zero attached hydrogens (tertiary/aromatic N) is 3. The highest BCUT2D eigenvalue weighted by Gasteiger charge is 2.31. The highest BCUT2D eigenvalue weighted by atomic mass is 15.3. The number of aromatic nitrogens is 2. The van der Waals surface area contributed by atoms with E-state index in [1.807, 2.05) is 0 Å². The molecule has 1 aromatic heterocycles. The summed E-state index contributed by atoms with van der Waals surface area (Å²) in [6, 6.07) is 1.23. The molecule has 0 aromatic carbocycles. The zero-order valence-corrected chi connectivity index (χ0v) is 8.20. The van der Waals surface area contributed by atoms with Gasteiger partial charge in [0.15, 0.2) is 0 Å². The molecule has 0 saturated heterocycles. The predicted octanol–water partition coefficient (Wildman–Crippen LogP) is 1.72. The average molecular weight is 177 g/mol. The molecule has 1 aromatic rings. The summed E-state index contributed by atoms with van der Waals surface area (Å²) in [6.07, 6.45) is 4.89. The molecule has 0 amide bonds. The van der Waals surface area contributed by atoms with Gasteiger partial charge in [0.1, 0.15) is 0 Å². The maximum absolute atomic E-state index is 4.66. The molecule has 0 bridgehead atoms. The second-order valence-corrected chi connectivity index (χ2v) is 4.34. The molecule has 70 valence electrons. The molecule has 13 heavy (non-hydrogen) atoms. The lowest BCUT2D eigenvalue weighted by atomic mass is 10.2. The van der Waals surface area contributed by atoms with Crippen molar-refractivity contribution in [2.24, 2.45) is 0 Å². The Morgan fingerprint density at radius 3 is 2.85 bits per heavy atom. The van der Waals surface area contributed by atoms with Crippen LogP contribution in [0.5, 0.6) is 0 Å². The van der Waals surface area contributed by atoms with E-state index in [0.717, 1.165) is 12.6 Å². The molecule has 1 saturated carbocycles. The molecule has 1 fully saturated rings. The summed E-state index contributed by atoms with van der Waals surface area (Å²) in [5.74, 6) is 0. The molecule has 0 unspecified atom stereocenters. The lowest BCUT2D eigenvalue weighted by molar-refractivity contribution is 0.278. The van der Waals surface area contributed by atoms with Gasteiger partial charge < -0.3 is 0 Å². The van der Waals surface area contributed by atoms with Crippen molar-refractivity contribution < 1.29 is 0 Å². The maximum Gasteiger partial charge on any atom is 0.0838 e. The molecule has 1 aliphatic carbocycles. The minimum Gasteiger partial charge on any atom is -0.294 e. The van der Waals surface area contributed by atoms with Gasteiger partial charge in [-0.05, 0) is 26.8 Å². The summed E-state index contributed by atoms with van der Waals surface area (Å²) < 4.78 is 2.17. The van der Waals surface area contributed by atoms with Gasteiger partial charge in [-0.1, -0.05) is 0 Å². The second-order valence-electron chi connectivity index (χ2n) is 4.34. The molecule has 0 N–H and O–H groups in total. The second kappa shape index (κ2) is 2.35. The Labute approximate surface area is 78.3 Å². The van der Waals surface area contributed by atoms with Crippen LogP contribution in [0, 0.1) is 0 Å². The average Bonchev–Trinajstić information content (AvgIpc) is 2.82. The van der Waals surface area contributed by atoms with Crippen LogP contribution in [-0.2, 0) is 6.54 Å². The van der Waals surface area contributed by atoms with Crippen molar-refractivity contribution in [2.75, 3.05) is 7.05 Å². The Kier molecular flexibility index (Phi) is 1.37. The van der Waals surface area contributed by atoms with Gasteiger partial charge in [0.2, 0.25) is 0 Å². The zero-order valence-electron chi connectivity index (χ0n) is 8.20. The fourth-order valence-corrected chi connectivity index (χ4v) is 2.06. The number of fused-ring (bicyclic) bond motifs is 1. The lowest BCUT2D eigenvalue weighted by Crippen LogP contribution is -2.15. The lowest BCUT2D eigenvalue weighted by Gasteiger charge is -2.14. The minimum atomic E-state index is 0.509. The summed E-state index contributed by atoms with van der Waals surface area (Å²) in [4.78, 5) is 2.34. The van der Waals surface area contributed by atoms with Crippen molar-refractivity contribution in [1.29, 1.82) is 0 Å². The number of rotatable bonds is 1. The van der Waals surface area contributed by atoms with E-state index in [9.17, 15) is 0 Å². The maximum atomic E-state index is 4.66. The summed E-state index contributed by atoms with van der Waals surface area (Å²) in [7, 11) is 2.16. The van der Waals surface area contributed by atoms with Crippen molar-refractivity contribution in [1.82, 2.24) is 14.7 Å². The molecule has 3 heteroatoms. The van der Waals surface area contributed by atoms with Crippen molar-refractivity contribution in [3.05, 3.63) is 17.5 Å². The van der Waals surface area contributed by atoms with E-state index in [1.165, 1.54) is 24.1 Å². The van der Waals surface area contributed by atoms with Crippen molar-refractivity contribution in [3.63, 3.8) is 0 Å². The molecule has 2 heterocycles. The van der Waals surface area contributed by atoms with E-state index in [4.69, 9.17) is 0 Å². The molecular formula is C10H15N3. The molecule has 3 rings (SSSR count). The van der Waals surface area contributed by atoms with Crippen LogP contribution in [0.15, 0.2) is 6.20 Å². The first-order chi connectivity index (χ1) is 6.25. The van der Waals surface area contributed by atoms with Crippen LogP contribution in [0.25, 0.3) is 0 Å². The monoisotopic (exact) mass is 177 g/mol. The first kappa shape index (κ1) is 7.56. The zero-order chi connectivity index (χ0) is 9.00. The van der Waals surface area contributed by atoms with E-state index in [-0.39, 0.29) is 0 Å². The molecule has 0 radical (unpaired) electrons. The third-order valence-corrected chi connectivity index (χ3v) is 3.24. The minimum absolute atomic E-state index is 0.509. The normalized spacial score (nSPS) is 28.0. The SMILES string of the molecule is C[C@@H]1c2nn(C3CC3)cc2CN1C. The Balaban J connectivity index is 1.98. The summed E-state index contributed by atoms with van der Waals surface area (Å²) in [5.41, 5.74) is 2.73. The molecule has 2 aliphatic rings. The smallest absolute Gasteiger partial charge is 0.0838 e. The molecule has 0 spiro atoms. The highest BCUT2D eigenvalue weighted by molar-refractivity contribution is 5.25. The van der Waals surface area contributed by atoms with E-state index in [0.29, 0.717) is 6.04 Å². The number of hydrogen-bond acceptors (Lipinski definition) is 2. The summed E-state index contributed by atoms with van der Waals surface area (Å²) in [6.45, 7) is 3.30.